The van der Waals surface area contributed by atoms with Gasteiger partial charge in [-0.1, -0.05) is 37.1 Å². The fourth-order valence-corrected chi connectivity index (χ4v) is 2.83. The van der Waals surface area contributed by atoms with Crippen molar-refractivity contribution in [2.24, 2.45) is 0 Å². The molecule has 112 valence electrons. The van der Waals surface area contributed by atoms with Crippen LogP contribution < -0.4 is 5.32 Å². The minimum atomic E-state index is 0.696. The number of benzene rings is 1. The predicted molar refractivity (Wildman–Crippen MR) is 83.8 cm³/mol. The summed E-state index contributed by atoms with van der Waals surface area (Å²) in [7, 11) is 1.74. The maximum atomic E-state index is 5.17. The molecule has 0 saturated carbocycles. The van der Waals surface area contributed by atoms with Crippen molar-refractivity contribution in [2.75, 3.05) is 33.3 Å². The molecule has 0 aliphatic carbocycles. The standard InChI is InChI=1S/C17H28N2O/c1-20-15-17-8-6-7-16(13-17)14-18-9-12-19-10-4-2-3-5-11-19/h6-8,13,18H,2-5,9-12,14-15H2,1H3. The number of ether oxygens (including phenoxy) is 1. The number of nitrogens with one attached hydrogen (secondary N) is 1. The van der Waals surface area contributed by atoms with E-state index in [1.165, 1.54) is 56.4 Å². The maximum absolute atomic E-state index is 5.17. The van der Waals surface area contributed by atoms with Crippen molar-refractivity contribution >= 4 is 0 Å². The van der Waals surface area contributed by atoms with Gasteiger partial charge in [-0.15, -0.1) is 0 Å². The van der Waals surface area contributed by atoms with Crippen LogP contribution in [-0.2, 0) is 17.9 Å². The summed E-state index contributed by atoms with van der Waals surface area (Å²) in [5.41, 5.74) is 2.59. The number of methoxy groups -OCH3 is 1. The van der Waals surface area contributed by atoms with Crippen LogP contribution in [0.4, 0.5) is 0 Å². The van der Waals surface area contributed by atoms with Crippen LogP contribution in [0.5, 0.6) is 0 Å². The Morgan fingerprint density at radius 1 is 1.10 bits per heavy atom. The fourth-order valence-electron chi connectivity index (χ4n) is 2.83. The monoisotopic (exact) mass is 276 g/mol. The molecular weight excluding hydrogens is 248 g/mol. The quantitative estimate of drug-likeness (QED) is 0.775. The summed E-state index contributed by atoms with van der Waals surface area (Å²) in [5.74, 6) is 0. The molecule has 2 rings (SSSR count). The molecule has 1 fully saturated rings. The van der Waals surface area contributed by atoms with Crippen molar-refractivity contribution in [3.63, 3.8) is 0 Å². The second-order valence-corrected chi connectivity index (χ2v) is 5.69. The molecule has 20 heavy (non-hydrogen) atoms. The second kappa shape index (κ2) is 9.11. The van der Waals surface area contributed by atoms with Gasteiger partial charge in [0.05, 0.1) is 6.61 Å². The van der Waals surface area contributed by atoms with Gasteiger partial charge in [0.1, 0.15) is 0 Å². The molecule has 0 spiro atoms. The van der Waals surface area contributed by atoms with Crippen molar-refractivity contribution in [2.45, 2.75) is 38.8 Å². The van der Waals surface area contributed by atoms with E-state index in [0.29, 0.717) is 6.61 Å². The highest BCUT2D eigenvalue weighted by Gasteiger charge is 2.07. The number of nitrogens with zero attached hydrogens (tertiary/aromatic N) is 1. The highest BCUT2D eigenvalue weighted by atomic mass is 16.5. The molecule has 0 unspecified atom stereocenters. The lowest BCUT2D eigenvalue weighted by Gasteiger charge is -2.19. The first kappa shape index (κ1) is 15.5. The highest BCUT2D eigenvalue weighted by molar-refractivity contribution is 5.22. The van der Waals surface area contributed by atoms with Gasteiger partial charge >= 0.3 is 0 Å². The van der Waals surface area contributed by atoms with Crippen LogP contribution in [0.25, 0.3) is 0 Å². The number of rotatable bonds is 7. The van der Waals surface area contributed by atoms with Crippen molar-refractivity contribution < 1.29 is 4.74 Å². The predicted octanol–water partition coefficient (Wildman–Crippen LogP) is 2.80. The summed E-state index contributed by atoms with van der Waals surface area (Å²) in [4.78, 5) is 2.60. The van der Waals surface area contributed by atoms with Gasteiger partial charge in [0.15, 0.2) is 0 Å². The molecule has 1 aliphatic rings. The summed E-state index contributed by atoms with van der Waals surface area (Å²) in [5, 5.41) is 3.56. The Balaban J connectivity index is 1.66. The molecule has 1 N–H and O–H groups in total. The molecule has 1 aliphatic heterocycles. The van der Waals surface area contributed by atoms with Gasteiger partial charge in [0, 0.05) is 26.7 Å². The zero-order valence-corrected chi connectivity index (χ0v) is 12.7. The lowest BCUT2D eigenvalue weighted by molar-refractivity contribution is 0.185. The molecule has 0 bridgehead atoms. The lowest BCUT2D eigenvalue weighted by Crippen LogP contribution is -2.32. The van der Waals surface area contributed by atoms with Crippen LogP contribution in [0.1, 0.15) is 36.8 Å². The molecule has 0 aromatic heterocycles. The average Bonchev–Trinajstić information content (AvgIpc) is 2.73. The van der Waals surface area contributed by atoms with Gasteiger partial charge in [0.2, 0.25) is 0 Å². The Kier molecular flexibility index (Phi) is 7.06. The van der Waals surface area contributed by atoms with Gasteiger partial charge in [-0.05, 0) is 37.1 Å². The first-order valence-electron chi connectivity index (χ1n) is 7.88. The zero-order valence-electron chi connectivity index (χ0n) is 12.7. The molecular formula is C17H28N2O. The van der Waals surface area contributed by atoms with Gasteiger partial charge in [0.25, 0.3) is 0 Å². The molecule has 3 nitrogen and oxygen atoms in total. The van der Waals surface area contributed by atoms with Gasteiger partial charge < -0.3 is 15.0 Å². The van der Waals surface area contributed by atoms with E-state index in [4.69, 9.17) is 4.74 Å². The summed E-state index contributed by atoms with van der Waals surface area (Å²) < 4.78 is 5.17. The summed E-state index contributed by atoms with van der Waals surface area (Å²) in [6, 6.07) is 8.63. The van der Waals surface area contributed by atoms with Crippen LogP contribution >= 0.6 is 0 Å². The van der Waals surface area contributed by atoms with E-state index in [1.807, 2.05) is 0 Å². The average molecular weight is 276 g/mol. The molecule has 1 heterocycles. The van der Waals surface area contributed by atoms with Gasteiger partial charge in [-0.3, -0.25) is 0 Å². The Labute approximate surface area is 123 Å². The molecule has 0 amide bonds. The second-order valence-electron chi connectivity index (χ2n) is 5.69. The zero-order chi connectivity index (χ0) is 14.0. The number of hydrogen-bond donors (Lipinski definition) is 1. The van der Waals surface area contributed by atoms with Crippen LogP contribution in [0.3, 0.4) is 0 Å². The van der Waals surface area contributed by atoms with Gasteiger partial charge in [-0.2, -0.15) is 0 Å². The Bertz CT molecular complexity index is 373. The van der Waals surface area contributed by atoms with Crippen LogP contribution in [0, 0.1) is 0 Å². The first-order chi connectivity index (χ1) is 9.88. The third-order valence-electron chi connectivity index (χ3n) is 3.94. The number of hydrogen-bond acceptors (Lipinski definition) is 3. The smallest absolute Gasteiger partial charge is 0.0713 e. The summed E-state index contributed by atoms with van der Waals surface area (Å²) in [6.45, 7) is 6.47. The van der Waals surface area contributed by atoms with Crippen LogP contribution in [0.2, 0.25) is 0 Å². The molecule has 0 atom stereocenters. The molecule has 3 heteroatoms. The minimum Gasteiger partial charge on any atom is -0.380 e. The molecule has 1 aromatic rings. The number of likely N-dealkylation sites (tertiary alicyclic amines) is 1. The topological polar surface area (TPSA) is 24.5 Å². The highest BCUT2D eigenvalue weighted by Crippen LogP contribution is 2.09. The van der Waals surface area contributed by atoms with Gasteiger partial charge in [-0.25, -0.2) is 0 Å². The Morgan fingerprint density at radius 2 is 1.85 bits per heavy atom. The van der Waals surface area contributed by atoms with E-state index < -0.39 is 0 Å². The van der Waals surface area contributed by atoms with Crippen molar-refractivity contribution in [1.29, 1.82) is 0 Å². The minimum absolute atomic E-state index is 0.696. The third-order valence-corrected chi connectivity index (χ3v) is 3.94. The van der Waals surface area contributed by atoms with Crippen LogP contribution in [0.15, 0.2) is 24.3 Å². The SMILES string of the molecule is COCc1cccc(CNCCN2CCCCCC2)c1. The van der Waals surface area contributed by atoms with Crippen molar-refractivity contribution in [3.8, 4) is 0 Å². The Hall–Kier alpha value is -0.900. The lowest BCUT2D eigenvalue weighted by atomic mass is 10.1. The normalized spacial score (nSPS) is 17.1. The van der Waals surface area contributed by atoms with E-state index in [2.05, 4.69) is 34.5 Å². The third kappa shape index (κ3) is 5.61. The largest absolute Gasteiger partial charge is 0.380 e. The maximum Gasteiger partial charge on any atom is 0.0713 e. The molecule has 0 radical (unpaired) electrons. The van der Waals surface area contributed by atoms with Crippen molar-refractivity contribution in [3.05, 3.63) is 35.4 Å². The van der Waals surface area contributed by atoms with Crippen LogP contribution in [-0.4, -0.2) is 38.2 Å². The first-order valence-corrected chi connectivity index (χ1v) is 7.88. The van der Waals surface area contributed by atoms with E-state index in [9.17, 15) is 0 Å². The van der Waals surface area contributed by atoms with E-state index in [1.54, 1.807) is 7.11 Å². The fraction of sp³-hybridized carbons (Fsp3) is 0.647. The Morgan fingerprint density at radius 3 is 2.60 bits per heavy atom. The van der Waals surface area contributed by atoms with E-state index in [-0.39, 0.29) is 0 Å². The summed E-state index contributed by atoms with van der Waals surface area (Å²) in [6.07, 6.45) is 5.57. The summed E-state index contributed by atoms with van der Waals surface area (Å²) >= 11 is 0. The van der Waals surface area contributed by atoms with E-state index in [0.717, 1.165) is 13.1 Å². The van der Waals surface area contributed by atoms with Crippen molar-refractivity contribution in [1.82, 2.24) is 10.2 Å². The molecule has 1 saturated heterocycles. The van der Waals surface area contributed by atoms with E-state index >= 15 is 0 Å². The molecule has 1 aromatic carbocycles.